The van der Waals surface area contributed by atoms with Crippen molar-refractivity contribution >= 4 is 27.2 Å². The molecule has 2 amide bonds. The first kappa shape index (κ1) is 20.0. The maximum atomic E-state index is 12.5. The minimum atomic E-state index is -2.87. The first-order valence-electron chi connectivity index (χ1n) is 11.0. The summed E-state index contributed by atoms with van der Waals surface area (Å²) in [6.45, 7) is 7.55. The van der Waals surface area contributed by atoms with Crippen LogP contribution in [0.2, 0.25) is 0 Å². The number of anilines is 2. The number of hydrogen-bond acceptors (Lipinski definition) is 5. The summed E-state index contributed by atoms with van der Waals surface area (Å²) in [6, 6.07) is 9.14. The fourth-order valence-electron chi connectivity index (χ4n) is 6.50. The van der Waals surface area contributed by atoms with Gasteiger partial charge in [0.15, 0.2) is 9.84 Å². The fraction of sp³-hybridized carbons (Fsp3) is 0.682. The minimum Gasteiger partial charge on any atom is -0.369 e. The Morgan fingerprint density at radius 2 is 1.67 bits per heavy atom. The minimum absolute atomic E-state index is 0.0493. The monoisotopic (exact) mass is 432 g/mol. The van der Waals surface area contributed by atoms with Crippen molar-refractivity contribution in [2.75, 3.05) is 54.5 Å². The molecule has 0 spiro atoms. The molecule has 4 aliphatic rings. The van der Waals surface area contributed by atoms with Gasteiger partial charge in [0.25, 0.3) is 0 Å². The van der Waals surface area contributed by atoms with Gasteiger partial charge in [-0.3, -0.25) is 0 Å². The van der Waals surface area contributed by atoms with Gasteiger partial charge >= 0.3 is 6.03 Å². The van der Waals surface area contributed by atoms with E-state index in [9.17, 15) is 13.2 Å². The standard InChI is InChI=1S/C22H32N4O3S/c1-21-12-16-14-25(19(21)13-22(21,2)26(15-16)20(27)23-3)18-6-4-17(5-7-18)24-8-10-30(28,29)11-9-24/h4-7,16,19H,8-15H2,1-3H3,(H,23,27). The molecular weight excluding hydrogens is 400 g/mol. The first-order chi connectivity index (χ1) is 14.2. The SMILES string of the molecule is CNC(=O)N1CC2CN(c3ccc(N4CCS(=O)(=O)CC4)cc3)C3CC1(C)C3(C)C2. The summed E-state index contributed by atoms with van der Waals surface area (Å²) in [6.07, 6.45) is 2.17. The lowest BCUT2D eigenvalue weighted by molar-refractivity contribution is -0.161. The lowest BCUT2D eigenvalue weighted by atomic mass is 9.45. The Bertz CT molecular complexity index is 951. The van der Waals surface area contributed by atoms with E-state index < -0.39 is 9.84 Å². The largest absolute Gasteiger partial charge is 0.369 e. The van der Waals surface area contributed by atoms with E-state index in [2.05, 4.69) is 58.1 Å². The summed E-state index contributed by atoms with van der Waals surface area (Å²) in [5, 5.41) is 2.84. The normalized spacial score (nSPS) is 36.8. The molecule has 1 aliphatic carbocycles. The maximum Gasteiger partial charge on any atom is 0.317 e. The van der Waals surface area contributed by atoms with Crippen molar-refractivity contribution in [3.63, 3.8) is 0 Å². The highest BCUT2D eigenvalue weighted by Gasteiger charge is 2.69. The maximum absolute atomic E-state index is 12.5. The number of sulfone groups is 1. The molecule has 4 fully saturated rings. The van der Waals surface area contributed by atoms with Crippen LogP contribution in [0.3, 0.4) is 0 Å². The molecule has 7 nitrogen and oxygen atoms in total. The molecule has 3 heterocycles. The van der Waals surface area contributed by atoms with E-state index in [1.807, 2.05) is 0 Å². The van der Waals surface area contributed by atoms with E-state index >= 15 is 0 Å². The van der Waals surface area contributed by atoms with Gasteiger partial charge in [-0.15, -0.1) is 0 Å². The lowest BCUT2D eigenvalue weighted by Crippen LogP contribution is -2.82. The number of nitrogens with zero attached hydrogens (tertiary/aromatic N) is 3. The van der Waals surface area contributed by atoms with Gasteiger partial charge in [0, 0.05) is 56.1 Å². The Hall–Kier alpha value is -1.96. The molecule has 1 aromatic rings. The summed E-state index contributed by atoms with van der Waals surface area (Å²) in [5.41, 5.74) is 2.34. The first-order valence-corrected chi connectivity index (χ1v) is 12.8. The van der Waals surface area contributed by atoms with Crippen LogP contribution < -0.4 is 15.1 Å². The zero-order chi connectivity index (χ0) is 21.3. The summed E-state index contributed by atoms with van der Waals surface area (Å²) >= 11 is 0. The molecule has 4 unspecified atom stereocenters. The van der Waals surface area contributed by atoms with Crippen LogP contribution in [0.1, 0.15) is 26.7 Å². The second-order valence-corrected chi connectivity index (χ2v) is 12.3. The second kappa shape index (κ2) is 6.52. The third-order valence-electron chi connectivity index (χ3n) is 8.49. The highest BCUT2D eigenvalue weighted by atomic mass is 32.2. The number of piperidine rings is 2. The van der Waals surface area contributed by atoms with Gasteiger partial charge < -0.3 is 20.0 Å². The number of likely N-dealkylation sites (tertiary alicyclic amines) is 1. The molecule has 164 valence electrons. The van der Waals surface area contributed by atoms with Crippen LogP contribution in [-0.2, 0) is 9.84 Å². The molecule has 3 aliphatic heterocycles. The van der Waals surface area contributed by atoms with Crippen molar-refractivity contribution < 1.29 is 13.2 Å². The average Bonchev–Trinajstić information content (AvgIpc) is 2.71. The van der Waals surface area contributed by atoms with Crippen molar-refractivity contribution in [2.45, 2.75) is 38.3 Å². The van der Waals surface area contributed by atoms with Crippen LogP contribution >= 0.6 is 0 Å². The Kier molecular flexibility index (Phi) is 4.34. The van der Waals surface area contributed by atoms with Gasteiger partial charge in [-0.2, -0.15) is 0 Å². The van der Waals surface area contributed by atoms with Gasteiger partial charge in [-0.05, 0) is 49.9 Å². The van der Waals surface area contributed by atoms with Gasteiger partial charge in [0.05, 0.1) is 17.0 Å². The predicted octanol–water partition coefficient (Wildman–Crippen LogP) is 1.94. The molecule has 3 saturated heterocycles. The molecule has 0 radical (unpaired) electrons. The zero-order valence-electron chi connectivity index (χ0n) is 18.1. The highest BCUT2D eigenvalue weighted by Crippen LogP contribution is 2.64. The number of benzene rings is 1. The lowest BCUT2D eigenvalue weighted by Gasteiger charge is -2.74. The van der Waals surface area contributed by atoms with Crippen LogP contribution in [0.5, 0.6) is 0 Å². The van der Waals surface area contributed by atoms with Crippen LogP contribution in [0.15, 0.2) is 24.3 Å². The quantitative estimate of drug-likeness (QED) is 0.773. The van der Waals surface area contributed by atoms with Crippen LogP contribution in [0, 0.1) is 11.3 Å². The molecule has 5 rings (SSSR count). The van der Waals surface area contributed by atoms with Crippen molar-refractivity contribution in [2.24, 2.45) is 11.3 Å². The van der Waals surface area contributed by atoms with E-state index in [4.69, 9.17) is 0 Å². The Morgan fingerprint density at radius 1 is 1.03 bits per heavy atom. The third-order valence-corrected chi connectivity index (χ3v) is 10.1. The van der Waals surface area contributed by atoms with Crippen molar-refractivity contribution in [3.8, 4) is 0 Å². The van der Waals surface area contributed by atoms with E-state index in [-0.39, 0.29) is 28.5 Å². The highest BCUT2D eigenvalue weighted by molar-refractivity contribution is 7.91. The Balaban J connectivity index is 1.35. The second-order valence-electron chi connectivity index (χ2n) is 9.95. The summed E-state index contributed by atoms with van der Waals surface area (Å²) < 4.78 is 23.4. The molecule has 30 heavy (non-hydrogen) atoms. The van der Waals surface area contributed by atoms with E-state index in [1.165, 1.54) is 12.1 Å². The number of rotatable bonds is 2. The van der Waals surface area contributed by atoms with Gasteiger partial charge in [0.2, 0.25) is 0 Å². The van der Waals surface area contributed by atoms with Gasteiger partial charge in [0.1, 0.15) is 0 Å². The average molecular weight is 433 g/mol. The predicted molar refractivity (Wildman–Crippen MR) is 119 cm³/mol. The van der Waals surface area contributed by atoms with E-state index in [1.54, 1.807) is 7.05 Å². The molecule has 2 bridgehead atoms. The van der Waals surface area contributed by atoms with Crippen molar-refractivity contribution in [1.82, 2.24) is 10.2 Å². The van der Waals surface area contributed by atoms with Crippen LogP contribution in [0.25, 0.3) is 0 Å². The Labute approximate surface area is 179 Å². The molecule has 1 aromatic carbocycles. The molecule has 8 heteroatoms. The topological polar surface area (TPSA) is 73.0 Å². The van der Waals surface area contributed by atoms with Gasteiger partial charge in [-0.1, -0.05) is 6.92 Å². The molecule has 0 aromatic heterocycles. The number of hydrogen-bond donors (Lipinski definition) is 1. The summed E-state index contributed by atoms with van der Waals surface area (Å²) in [7, 11) is -1.15. The number of carbonyl (C=O) groups is 1. The van der Waals surface area contributed by atoms with Crippen LogP contribution in [-0.4, -0.2) is 75.7 Å². The number of carbonyl (C=O) groups excluding carboxylic acids is 1. The zero-order valence-corrected chi connectivity index (χ0v) is 18.9. The molecule has 1 N–H and O–H groups in total. The summed E-state index contributed by atoms with van der Waals surface area (Å²) in [5.74, 6) is 0.955. The molecule has 1 saturated carbocycles. The summed E-state index contributed by atoms with van der Waals surface area (Å²) in [4.78, 5) is 19.3. The number of nitrogens with one attached hydrogen (secondary N) is 1. The van der Waals surface area contributed by atoms with E-state index in [0.717, 1.165) is 25.2 Å². The smallest absolute Gasteiger partial charge is 0.317 e. The fourth-order valence-corrected chi connectivity index (χ4v) is 7.70. The molecular formula is C22H32N4O3S. The van der Waals surface area contributed by atoms with Crippen molar-refractivity contribution in [1.29, 1.82) is 0 Å². The van der Waals surface area contributed by atoms with Gasteiger partial charge in [-0.25, -0.2) is 13.2 Å². The van der Waals surface area contributed by atoms with E-state index in [0.29, 0.717) is 25.0 Å². The Morgan fingerprint density at radius 3 is 2.30 bits per heavy atom. The number of urea groups is 1. The third kappa shape index (κ3) is 2.75. The van der Waals surface area contributed by atoms with Crippen LogP contribution in [0.4, 0.5) is 16.2 Å². The molecule has 4 atom stereocenters. The van der Waals surface area contributed by atoms with Crippen molar-refractivity contribution in [3.05, 3.63) is 24.3 Å². The number of fused-ring (bicyclic) bond motifs is 1. The number of amides is 2.